The van der Waals surface area contributed by atoms with Gasteiger partial charge in [-0.15, -0.1) is 0 Å². The highest BCUT2D eigenvalue weighted by Crippen LogP contribution is 2.21. The Hall–Kier alpha value is -1.10. The van der Waals surface area contributed by atoms with Crippen LogP contribution in [-0.2, 0) is 9.59 Å². The predicted octanol–water partition coefficient (Wildman–Crippen LogP) is 0.735. The van der Waals surface area contributed by atoms with Gasteiger partial charge in [-0.25, -0.2) is 0 Å². The van der Waals surface area contributed by atoms with E-state index in [0.29, 0.717) is 12.5 Å². The van der Waals surface area contributed by atoms with E-state index in [4.69, 9.17) is 5.73 Å². The molecule has 1 aliphatic rings. The molecular formula is C14H27N3O2. The van der Waals surface area contributed by atoms with Gasteiger partial charge in [0.1, 0.15) is 0 Å². The normalized spacial score (nSPS) is 25.1. The molecule has 0 saturated carbocycles. The molecule has 0 aromatic carbocycles. The third kappa shape index (κ3) is 5.19. The van der Waals surface area contributed by atoms with Gasteiger partial charge in [0.25, 0.3) is 0 Å². The van der Waals surface area contributed by atoms with E-state index in [1.807, 2.05) is 25.7 Å². The SMILES string of the molecule is CCC1CC(NC(=O)C(C)(C)C)CN(CC(N)=O)C1. The van der Waals surface area contributed by atoms with Gasteiger partial charge in [-0.3, -0.25) is 14.5 Å². The lowest BCUT2D eigenvalue weighted by Crippen LogP contribution is -2.54. The molecule has 1 rings (SSSR count). The maximum Gasteiger partial charge on any atom is 0.231 e. The topological polar surface area (TPSA) is 75.4 Å². The molecule has 0 aromatic heterocycles. The Morgan fingerprint density at radius 3 is 2.42 bits per heavy atom. The zero-order valence-corrected chi connectivity index (χ0v) is 12.5. The van der Waals surface area contributed by atoms with E-state index in [1.54, 1.807) is 0 Å². The van der Waals surface area contributed by atoms with E-state index in [2.05, 4.69) is 12.2 Å². The number of nitrogens with two attached hydrogens (primary N) is 1. The maximum atomic E-state index is 12.0. The standard InChI is InChI=1S/C14H27N3O2/c1-5-10-6-11(16-13(19)14(2,3)4)8-17(7-10)9-12(15)18/h10-11H,5-9H2,1-4H3,(H2,15,18)(H,16,19). The smallest absolute Gasteiger partial charge is 0.231 e. The van der Waals surface area contributed by atoms with Gasteiger partial charge in [0.15, 0.2) is 0 Å². The van der Waals surface area contributed by atoms with Crippen LogP contribution in [0.3, 0.4) is 0 Å². The van der Waals surface area contributed by atoms with Crippen LogP contribution >= 0.6 is 0 Å². The van der Waals surface area contributed by atoms with Gasteiger partial charge in [0.2, 0.25) is 11.8 Å². The van der Waals surface area contributed by atoms with Crippen molar-refractivity contribution in [3.05, 3.63) is 0 Å². The second-order valence-corrected chi connectivity index (χ2v) is 6.59. The molecule has 2 atom stereocenters. The molecule has 0 aliphatic carbocycles. The summed E-state index contributed by atoms with van der Waals surface area (Å²) in [7, 11) is 0. The lowest BCUT2D eigenvalue weighted by Gasteiger charge is -2.38. The van der Waals surface area contributed by atoms with Crippen molar-refractivity contribution < 1.29 is 9.59 Å². The number of carbonyl (C=O) groups excluding carboxylic acids is 2. The van der Waals surface area contributed by atoms with E-state index in [1.165, 1.54) is 0 Å². The van der Waals surface area contributed by atoms with E-state index < -0.39 is 0 Å². The minimum absolute atomic E-state index is 0.0632. The number of hydrogen-bond donors (Lipinski definition) is 2. The summed E-state index contributed by atoms with van der Waals surface area (Å²) in [4.78, 5) is 25.1. The molecule has 1 heterocycles. The van der Waals surface area contributed by atoms with Gasteiger partial charge in [-0.1, -0.05) is 34.1 Å². The number of rotatable bonds is 4. The zero-order chi connectivity index (χ0) is 14.6. The summed E-state index contributed by atoms with van der Waals surface area (Å²) in [5, 5.41) is 3.09. The second-order valence-electron chi connectivity index (χ2n) is 6.59. The highest BCUT2D eigenvalue weighted by Gasteiger charge is 2.30. The van der Waals surface area contributed by atoms with Crippen LogP contribution in [0.25, 0.3) is 0 Å². The third-order valence-electron chi connectivity index (χ3n) is 3.59. The fourth-order valence-electron chi connectivity index (χ4n) is 2.45. The molecule has 1 fully saturated rings. The van der Waals surface area contributed by atoms with Crippen molar-refractivity contribution in [2.45, 2.75) is 46.6 Å². The fourth-order valence-corrected chi connectivity index (χ4v) is 2.45. The highest BCUT2D eigenvalue weighted by molar-refractivity contribution is 5.81. The van der Waals surface area contributed by atoms with Crippen molar-refractivity contribution >= 4 is 11.8 Å². The quantitative estimate of drug-likeness (QED) is 0.790. The molecule has 0 bridgehead atoms. The molecule has 2 unspecified atom stereocenters. The molecule has 0 spiro atoms. The van der Waals surface area contributed by atoms with Crippen LogP contribution in [0.4, 0.5) is 0 Å². The lowest BCUT2D eigenvalue weighted by molar-refractivity contribution is -0.129. The minimum Gasteiger partial charge on any atom is -0.369 e. The Morgan fingerprint density at radius 2 is 1.95 bits per heavy atom. The van der Waals surface area contributed by atoms with Crippen molar-refractivity contribution in [3.63, 3.8) is 0 Å². The first kappa shape index (κ1) is 16.0. The van der Waals surface area contributed by atoms with Gasteiger partial charge in [0.05, 0.1) is 6.54 Å². The summed E-state index contributed by atoms with van der Waals surface area (Å²) in [5.74, 6) is 0.268. The third-order valence-corrected chi connectivity index (χ3v) is 3.59. The van der Waals surface area contributed by atoms with Crippen LogP contribution in [0, 0.1) is 11.3 Å². The number of hydrogen-bond acceptors (Lipinski definition) is 3. The molecule has 1 aliphatic heterocycles. The Labute approximate surface area is 115 Å². The second kappa shape index (κ2) is 6.37. The first-order valence-corrected chi connectivity index (χ1v) is 7.04. The van der Waals surface area contributed by atoms with Crippen LogP contribution < -0.4 is 11.1 Å². The molecule has 19 heavy (non-hydrogen) atoms. The summed E-state index contributed by atoms with van der Waals surface area (Å²) in [6, 6.07) is 0.116. The molecule has 3 N–H and O–H groups in total. The van der Waals surface area contributed by atoms with Crippen molar-refractivity contribution in [3.8, 4) is 0 Å². The maximum absolute atomic E-state index is 12.0. The summed E-state index contributed by atoms with van der Waals surface area (Å²) in [6.45, 7) is 9.74. The van der Waals surface area contributed by atoms with Crippen LogP contribution in [0.5, 0.6) is 0 Å². The molecule has 2 amide bonds. The summed E-state index contributed by atoms with van der Waals surface area (Å²) >= 11 is 0. The number of likely N-dealkylation sites (tertiary alicyclic amines) is 1. The van der Waals surface area contributed by atoms with Gasteiger partial charge >= 0.3 is 0 Å². The van der Waals surface area contributed by atoms with E-state index in [0.717, 1.165) is 19.4 Å². The summed E-state index contributed by atoms with van der Waals surface area (Å²) in [5.41, 5.74) is 4.88. The summed E-state index contributed by atoms with van der Waals surface area (Å²) < 4.78 is 0. The predicted molar refractivity (Wildman–Crippen MR) is 75.4 cm³/mol. The van der Waals surface area contributed by atoms with Crippen LogP contribution in [0.1, 0.15) is 40.5 Å². The number of piperidine rings is 1. The average Bonchev–Trinajstić information content (AvgIpc) is 2.26. The van der Waals surface area contributed by atoms with Crippen LogP contribution in [0.2, 0.25) is 0 Å². The largest absolute Gasteiger partial charge is 0.369 e. The first-order valence-electron chi connectivity index (χ1n) is 7.04. The van der Waals surface area contributed by atoms with Crippen LogP contribution in [0.15, 0.2) is 0 Å². The Bertz CT molecular complexity index is 336. The number of nitrogens with one attached hydrogen (secondary N) is 1. The van der Waals surface area contributed by atoms with E-state index in [9.17, 15) is 9.59 Å². The highest BCUT2D eigenvalue weighted by atomic mass is 16.2. The first-order chi connectivity index (χ1) is 8.72. The van der Waals surface area contributed by atoms with Gasteiger partial charge in [-0.05, 0) is 12.3 Å². The molecule has 1 saturated heterocycles. The zero-order valence-electron chi connectivity index (χ0n) is 12.5. The molecule has 5 nitrogen and oxygen atoms in total. The Kier molecular flexibility index (Phi) is 5.35. The number of primary amides is 1. The number of amides is 2. The Morgan fingerprint density at radius 1 is 1.32 bits per heavy atom. The van der Waals surface area contributed by atoms with Crippen molar-refractivity contribution in [1.29, 1.82) is 0 Å². The van der Waals surface area contributed by atoms with Gasteiger partial charge in [0, 0.05) is 24.5 Å². The fraction of sp³-hybridized carbons (Fsp3) is 0.857. The molecular weight excluding hydrogens is 242 g/mol. The van der Waals surface area contributed by atoms with Crippen LogP contribution in [-0.4, -0.2) is 42.4 Å². The van der Waals surface area contributed by atoms with Crippen molar-refractivity contribution in [1.82, 2.24) is 10.2 Å². The van der Waals surface area contributed by atoms with Gasteiger partial charge < -0.3 is 11.1 Å². The molecule has 5 heteroatoms. The average molecular weight is 269 g/mol. The van der Waals surface area contributed by atoms with Gasteiger partial charge in [-0.2, -0.15) is 0 Å². The van der Waals surface area contributed by atoms with E-state index in [-0.39, 0.29) is 29.8 Å². The minimum atomic E-state index is -0.381. The molecule has 110 valence electrons. The monoisotopic (exact) mass is 269 g/mol. The van der Waals surface area contributed by atoms with E-state index >= 15 is 0 Å². The number of carbonyl (C=O) groups is 2. The molecule has 0 radical (unpaired) electrons. The number of nitrogens with zero attached hydrogens (tertiary/aromatic N) is 1. The summed E-state index contributed by atoms with van der Waals surface area (Å²) in [6.07, 6.45) is 2.03. The van der Waals surface area contributed by atoms with Crippen molar-refractivity contribution in [2.75, 3.05) is 19.6 Å². The lowest BCUT2D eigenvalue weighted by atomic mass is 9.90. The molecule has 0 aromatic rings. The Balaban J connectivity index is 2.62. The van der Waals surface area contributed by atoms with Crippen molar-refractivity contribution in [2.24, 2.45) is 17.1 Å².